The van der Waals surface area contributed by atoms with E-state index in [1.165, 1.54) is 0 Å². The molecule has 6 heteroatoms. The van der Waals surface area contributed by atoms with Crippen LogP contribution in [0.2, 0.25) is 0 Å². The second kappa shape index (κ2) is 8.02. The Morgan fingerprint density at radius 1 is 1.12 bits per heavy atom. The predicted octanol–water partition coefficient (Wildman–Crippen LogP) is 2.44. The lowest BCUT2D eigenvalue weighted by Crippen LogP contribution is -2.26. The third-order valence-corrected chi connectivity index (χ3v) is 3.81. The summed E-state index contributed by atoms with van der Waals surface area (Å²) in [6.07, 6.45) is 1.46. The second-order valence-electron chi connectivity index (χ2n) is 5.73. The van der Waals surface area contributed by atoms with Crippen LogP contribution in [0.3, 0.4) is 0 Å². The van der Waals surface area contributed by atoms with E-state index in [4.69, 9.17) is 0 Å². The predicted molar refractivity (Wildman–Crippen MR) is 101 cm³/mol. The van der Waals surface area contributed by atoms with Gasteiger partial charge in [-0.25, -0.2) is 10.4 Å². The summed E-state index contributed by atoms with van der Waals surface area (Å²) in [5.74, 6) is 0.111. The van der Waals surface area contributed by atoms with E-state index >= 15 is 0 Å². The summed E-state index contributed by atoms with van der Waals surface area (Å²) in [7, 11) is 0. The first-order valence-corrected chi connectivity index (χ1v) is 8.15. The van der Waals surface area contributed by atoms with Crippen molar-refractivity contribution in [2.75, 3.05) is 0 Å². The van der Waals surface area contributed by atoms with Crippen LogP contribution in [0.4, 0.5) is 0 Å². The molecule has 1 heterocycles. The summed E-state index contributed by atoms with van der Waals surface area (Å²) in [5.41, 5.74) is 4.65. The Kier molecular flexibility index (Phi) is 5.34. The van der Waals surface area contributed by atoms with E-state index < -0.39 is 0 Å². The molecule has 2 aromatic carbocycles. The van der Waals surface area contributed by atoms with Gasteiger partial charge in [-0.2, -0.15) is 5.10 Å². The smallest absolute Gasteiger partial charge is 0.255 e. The molecule has 0 saturated heterocycles. The number of hydrazone groups is 1. The molecule has 0 unspecified atom stereocenters. The molecule has 0 aliphatic rings. The molecule has 0 atom stereocenters. The Labute approximate surface area is 150 Å². The highest BCUT2D eigenvalue weighted by Gasteiger charge is 2.13. The molecule has 6 nitrogen and oxygen atoms in total. The molecule has 3 aromatic rings. The highest BCUT2D eigenvalue weighted by molar-refractivity contribution is 5.83. The van der Waals surface area contributed by atoms with Gasteiger partial charge in [0.1, 0.15) is 5.82 Å². The maximum Gasteiger partial charge on any atom is 0.255 e. The minimum absolute atomic E-state index is 0.0879. The summed E-state index contributed by atoms with van der Waals surface area (Å²) in [6, 6.07) is 18.8. The van der Waals surface area contributed by atoms with Gasteiger partial charge >= 0.3 is 0 Å². The molecule has 26 heavy (non-hydrogen) atoms. The van der Waals surface area contributed by atoms with E-state index in [9.17, 15) is 9.59 Å². The van der Waals surface area contributed by atoms with Crippen LogP contribution in [0.1, 0.15) is 16.8 Å². The van der Waals surface area contributed by atoms with E-state index in [-0.39, 0.29) is 17.9 Å². The van der Waals surface area contributed by atoms with Gasteiger partial charge in [-0.15, -0.1) is 0 Å². The van der Waals surface area contributed by atoms with Crippen molar-refractivity contribution in [1.29, 1.82) is 0 Å². The van der Waals surface area contributed by atoms with Crippen LogP contribution in [0.15, 0.2) is 70.6 Å². The summed E-state index contributed by atoms with van der Waals surface area (Å²) in [6.45, 7) is 1.72. The third kappa shape index (κ3) is 4.30. The van der Waals surface area contributed by atoms with Crippen LogP contribution in [-0.4, -0.2) is 22.1 Å². The first-order chi connectivity index (χ1) is 12.6. The van der Waals surface area contributed by atoms with Gasteiger partial charge in [0.2, 0.25) is 5.91 Å². The molecule has 0 spiro atoms. The maximum absolute atomic E-state index is 12.4. The Hall–Kier alpha value is -3.54. The highest BCUT2D eigenvalue weighted by atomic mass is 16.2. The summed E-state index contributed by atoms with van der Waals surface area (Å²) in [4.78, 5) is 31.6. The zero-order valence-corrected chi connectivity index (χ0v) is 14.3. The van der Waals surface area contributed by atoms with Crippen LogP contribution in [0.5, 0.6) is 0 Å². The first-order valence-electron chi connectivity index (χ1n) is 8.15. The number of nitrogens with zero attached hydrogens (tertiary/aromatic N) is 2. The van der Waals surface area contributed by atoms with Gasteiger partial charge in [-0.1, -0.05) is 60.7 Å². The quantitative estimate of drug-likeness (QED) is 0.549. The van der Waals surface area contributed by atoms with E-state index in [0.717, 1.165) is 11.1 Å². The molecular formula is C20H18N4O2. The zero-order chi connectivity index (χ0) is 18.4. The lowest BCUT2D eigenvalue weighted by molar-refractivity contribution is -0.120. The van der Waals surface area contributed by atoms with Gasteiger partial charge < -0.3 is 4.98 Å². The number of benzene rings is 2. The van der Waals surface area contributed by atoms with Crippen molar-refractivity contribution in [2.45, 2.75) is 13.3 Å². The van der Waals surface area contributed by atoms with Crippen LogP contribution < -0.4 is 11.0 Å². The van der Waals surface area contributed by atoms with Crippen molar-refractivity contribution in [3.8, 4) is 11.4 Å². The van der Waals surface area contributed by atoms with Crippen molar-refractivity contribution in [3.05, 3.63) is 87.8 Å². The molecule has 0 radical (unpaired) electrons. The summed E-state index contributed by atoms with van der Waals surface area (Å²) in [5, 5.41) is 3.90. The number of rotatable bonds is 5. The number of aromatic amines is 1. The molecule has 0 aliphatic carbocycles. The monoisotopic (exact) mass is 346 g/mol. The highest BCUT2D eigenvalue weighted by Crippen LogP contribution is 2.13. The molecule has 0 bridgehead atoms. The first kappa shape index (κ1) is 17.3. The van der Waals surface area contributed by atoms with Crippen LogP contribution >= 0.6 is 0 Å². The molecule has 0 saturated carbocycles. The van der Waals surface area contributed by atoms with Gasteiger partial charge in [-0.05, 0) is 12.5 Å². The maximum atomic E-state index is 12.4. The number of aryl methyl sites for hydroxylation is 1. The van der Waals surface area contributed by atoms with Gasteiger partial charge in [0.05, 0.1) is 12.6 Å². The molecule has 0 aliphatic heterocycles. The average molecular weight is 346 g/mol. The summed E-state index contributed by atoms with van der Waals surface area (Å²) < 4.78 is 0. The number of carbonyl (C=O) groups excluding carboxylic acids is 1. The van der Waals surface area contributed by atoms with Crippen LogP contribution in [0, 0.1) is 6.92 Å². The van der Waals surface area contributed by atoms with Crippen molar-refractivity contribution in [3.63, 3.8) is 0 Å². The Morgan fingerprint density at radius 2 is 1.77 bits per heavy atom. The normalized spacial score (nSPS) is 10.8. The molecule has 1 amide bonds. The van der Waals surface area contributed by atoms with Crippen LogP contribution in [0.25, 0.3) is 11.4 Å². The fourth-order valence-corrected chi connectivity index (χ4v) is 2.47. The lowest BCUT2D eigenvalue weighted by atomic mass is 10.1. The largest absolute Gasteiger partial charge is 0.306 e. The van der Waals surface area contributed by atoms with Crippen molar-refractivity contribution in [2.24, 2.45) is 5.10 Å². The lowest BCUT2D eigenvalue weighted by Gasteiger charge is -2.07. The van der Waals surface area contributed by atoms with Crippen molar-refractivity contribution < 1.29 is 4.79 Å². The fraction of sp³-hybridized carbons (Fsp3) is 0.100. The Bertz CT molecular complexity index is 980. The standard InChI is InChI=1S/C20H18N4O2/c1-14-17(12-18(25)24-21-13-15-8-4-2-5-9-15)20(26)23-19(22-14)16-10-6-3-7-11-16/h2-11,13H,12H2,1H3,(H,24,25)(H,22,23,26)/b21-13+. The number of carbonyl (C=O) groups is 1. The van der Waals surface area contributed by atoms with E-state index in [0.29, 0.717) is 17.1 Å². The molecule has 0 fully saturated rings. The Morgan fingerprint density at radius 3 is 2.42 bits per heavy atom. The number of H-pyrrole nitrogens is 1. The van der Waals surface area contributed by atoms with Gasteiger partial charge in [-0.3, -0.25) is 9.59 Å². The average Bonchev–Trinajstić information content (AvgIpc) is 2.66. The number of hydrogen-bond donors (Lipinski definition) is 2. The minimum atomic E-state index is -0.375. The molecule has 1 aromatic heterocycles. The third-order valence-electron chi connectivity index (χ3n) is 3.81. The number of nitrogens with one attached hydrogen (secondary N) is 2. The number of aromatic nitrogens is 2. The second-order valence-corrected chi connectivity index (χ2v) is 5.73. The molecule has 2 N–H and O–H groups in total. The van der Waals surface area contributed by atoms with Crippen molar-refractivity contribution >= 4 is 12.1 Å². The zero-order valence-electron chi connectivity index (χ0n) is 14.3. The minimum Gasteiger partial charge on any atom is -0.306 e. The fourth-order valence-electron chi connectivity index (χ4n) is 2.47. The van der Waals surface area contributed by atoms with Gasteiger partial charge in [0.15, 0.2) is 0 Å². The van der Waals surface area contributed by atoms with Crippen molar-refractivity contribution in [1.82, 2.24) is 15.4 Å². The van der Waals surface area contributed by atoms with E-state index in [1.807, 2.05) is 60.7 Å². The summed E-state index contributed by atoms with van der Waals surface area (Å²) >= 11 is 0. The topological polar surface area (TPSA) is 87.2 Å². The van der Waals surface area contributed by atoms with Crippen LogP contribution in [-0.2, 0) is 11.2 Å². The SMILES string of the molecule is Cc1nc(-c2ccccc2)[nH]c(=O)c1CC(=O)N/N=C/c1ccccc1. The molecule has 3 rings (SSSR count). The van der Waals surface area contributed by atoms with E-state index in [2.05, 4.69) is 20.5 Å². The van der Waals surface area contributed by atoms with Gasteiger partial charge in [0, 0.05) is 16.8 Å². The Balaban J connectivity index is 1.71. The number of amides is 1. The molecular weight excluding hydrogens is 328 g/mol. The number of hydrogen-bond acceptors (Lipinski definition) is 4. The van der Waals surface area contributed by atoms with E-state index in [1.54, 1.807) is 13.1 Å². The molecule has 130 valence electrons. The van der Waals surface area contributed by atoms with Gasteiger partial charge in [0.25, 0.3) is 5.56 Å².